The molecule has 0 fully saturated rings. The van der Waals surface area contributed by atoms with Crippen LogP contribution in [0.15, 0.2) is 40.8 Å². The molecule has 146 valence electrons. The van der Waals surface area contributed by atoms with E-state index >= 15 is 0 Å². The number of ether oxygens (including phenoxy) is 2. The van der Waals surface area contributed by atoms with Crippen molar-refractivity contribution in [3.8, 4) is 5.75 Å². The fourth-order valence-electron chi connectivity index (χ4n) is 2.61. The van der Waals surface area contributed by atoms with Gasteiger partial charge in [-0.1, -0.05) is 0 Å². The van der Waals surface area contributed by atoms with E-state index in [1.54, 1.807) is 25.1 Å². The van der Waals surface area contributed by atoms with Crippen LogP contribution < -0.4 is 10.1 Å². The van der Waals surface area contributed by atoms with Crippen molar-refractivity contribution in [1.29, 1.82) is 0 Å². The molecule has 0 aliphatic rings. The lowest BCUT2D eigenvalue weighted by Crippen LogP contribution is -2.30. The first-order valence-corrected chi connectivity index (χ1v) is 8.34. The molecule has 0 spiro atoms. The lowest BCUT2D eigenvalue weighted by atomic mass is 10.1. The van der Waals surface area contributed by atoms with Gasteiger partial charge in [-0.2, -0.15) is 0 Å². The van der Waals surface area contributed by atoms with Gasteiger partial charge in [-0.05, 0) is 44.2 Å². The van der Waals surface area contributed by atoms with Crippen LogP contribution in [0.2, 0.25) is 0 Å². The molecule has 1 N–H and O–H groups in total. The number of amides is 1. The van der Waals surface area contributed by atoms with Crippen LogP contribution in [0.5, 0.6) is 5.75 Å². The number of fused-ring (bicyclic) bond motifs is 1. The molecule has 2 aromatic carbocycles. The maximum absolute atomic E-state index is 13.2. The normalized spacial score (nSPS) is 11.9. The van der Waals surface area contributed by atoms with Gasteiger partial charge in [0.05, 0.1) is 7.11 Å². The maximum atomic E-state index is 13.2. The van der Waals surface area contributed by atoms with E-state index in [1.807, 2.05) is 0 Å². The summed E-state index contributed by atoms with van der Waals surface area (Å²) in [6.07, 6.45) is -1.19. The molecule has 0 radical (unpaired) electrons. The molecule has 0 bridgehead atoms. The SMILES string of the molecule is COc1ccc2oc(C(=O)O[C@H](C)C(=O)Nc3ccc(F)c(F)c3)c(C)c2c1. The Bertz CT molecular complexity index is 1060. The highest BCUT2D eigenvalue weighted by atomic mass is 19.2. The Kier molecular flexibility index (Phi) is 5.30. The number of halogens is 2. The summed E-state index contributed by atoms with van der Waals surface area (Å²) in [5.41, 5.74) is 1.06. The summed E-state index contributed by atoms with van der Waals surface area (Å²) in [5, 5.41) is 3.04. The van der Waals surface area contributed by atoms with Crippen molar-refractivity contribution in [2.75, 3.05) is 12.4 Å². The summed E-state index contributed by atoms with van der Waals surface area (Å²) < 4.78 is 42.0. The topological polar surface area (TPSA) is 77.8 Å². The summed E-state index contributed by atoms with van der Waals surface area (Å²) in [5.74, 6) is -3.08. The molecule has 0 saturated carbocycles. The first-order valence-electron chi connectivity index (χ1n) is 8.34. The van der Waals surface area contributed by atoms with Crippen LogP contribution in [-0.4, -0.2) is 25.1 Å². The predicted octanol–water partition coefficient (Wildman–Crippen LogP) is 4.21. The summed E-state index contributed by atoms with van der Waals surface area (Å²) in [6, 6.07) is 7.99. The quantitative estimate of drug-likeness (QED) is 0.662. The van der Waals surface area contributed by atoms with E-state index in [0.717, 1.165) is 12.1 Å². The minimum atomic E-state index is -1.19. The smallest absolute Gasteiger partial charge is 0.375 e. The molecule has 1 heterocycles. The number of rotatable bonds is 5. The van der Waals surface area contributed by atoms with Gasteiger partial charge in [0, 0.05) is 22.7 Å². The largest absolute Gasteiger partial charge is 0.497 e. The number of furan rings is 1. The van der Waals surface area contributed by atoms with Crippen molar-refractivity contribution in [3.05, 3.63) is 59.4 Å². The Hall–Kier alpha value is -3.42. The number of benzene rings is 2. The second-order valence-corrected chi connectivity index (χ2v) is 6.08. The Balaban J connectivity index is 1.73. The van der Waals surface area contributed by atoms with E-state index < -0.39 is 29.6 Å². The Labute approximate surface area is 159 Å². The van der Waals surface area contributed by atoms with E-state index in [4.69, 9.17) is 13.9 Å². The Morgan fingerprint density at radius 3 is 2.54 bits per heavy atom. The third kappa shape index (κ3) is 3.80. The van der Waals surface area contributed by atoms with Crippen molar-refractivity contribution in [3.63, 3.8) is 0 Å². The summed E-state index contributed by atoms with van der Waals surface area (Å²) in [7, 11) is 1.53. The minimum Gasteiger partial charge on any atom is -0.497 e. The minimum absolute atomic E-state index is 0.0317. The number of aryl methyl sites for hydroxylation is 1. The van der Waals surface area contributed by atoms with Gasteiger partial charge < -0.3 is 19.2 Å². The number of carbonyl (C=O) groups excluding carboxylic acids is 2. The average molecular weight is 389 g/mol. The predicted molar refractivity (Wildman–Crippen MR) is 97.4 cm³/mol. The van der Waals surface area contributed by atoms with Crippen molar-refractivity contribution in [2.24, 2.45) is 0 Å². The molecule has 0 unspecified atom stereocenters. The fraction of sp³-hybridized carbons (Fsp3) is 0.200. The van der Waals surface area contributed by atoms with Crippen LogP contribution in [-0.2, 0) is 9.53 Å². The van der Waals surface area contributed by atoms with Crippen molar-refractivity contribution in [2.45, 2.75) is 20.0 Å². The fourth-order valence-corrected chi connectivity index (χ4v) is 2.61. The number of nitrogens with one attached hydrogen (secondary N) is 1. The molecular formula is C20H17F2NO5. The van der Waals surface area contributed by atoms with Crippen LogP contribution in [0, 0.1) is 18.6 Å². The van der Waals surface area contributed by atoms with E-state index in [1.165, 1.54) is 20.1 Å². The van der Waals surface area contributed by atoms with Gasteiger partial charge in [0.15, 0.2) is 17.7 Å². The van der Waals surface area contributed by atoms with Gasteiger partial charge in [0.2, 0.25) is 5.76 Å². The maximum Gasteiger partial charge on any atom is 0.375 e. The Morgan fingerprint density at radius 1 is 1.11 bits per heavy atom. The molecule has 1 amide bonds. The van der Waals surface area contributed by atoms with Gasteiger partial charge in [-0.3, -0.25) is 4.79 Å². The molecule has 1 aromatic heterocycles. The van der Waals surface area contributed by atoms with Gasteiger partial charge >= 0.3 is 5.97 Å². The summed E-state index contributed by atoms with van der Waals surface area (Å²) in [6.45, 7) is 3.04. The molecule has 3 aromatic rings. The number of anilines is 1. The average Bonchev–Trinajstić information content (AvgIpc) is 3.00. The Morgan fingerprint density at radius 2 is 1.86 bits per heavy atom. The lowest BCUT2D eigenvalue weighted by Gasteiger charge is -2.13. The summed E-state index contributed by atoms with van der Waals surface area (Å²) in [4.78, 5) is 24.6. The first-order chi connectivity index (χ1) is 13.3. The number of hydrogen-bond acceptors (Lipinski definition) is 5. The van der Waals surface area contributed by atoms with E-state index in [-0.39, 0.29) is 11.4 Å². The van der Waals surface area contributed by atoms with Gasteiger partial charge in [0.1, 0.15) is 11.3 Å². The zero-order chi connectivity index (χ0) is 20.4. The van der Waals surface area contributed by atoms with E-state index in [0.29, 0.717) is 22.3 Å². The first kappa shape index (κ1) is 19.3. The van der Waals surface area contributed by atoms with E-state index in [2.05, 4.69) is 5.32 Å². The van der Waals surface area contributed by atoms with Crippen LogP contribution in [0.4, 0.5) is 14.5 Å². The third-order valence-corrected chi connectivity index (χ3v) is 4.17. The van der Waals surface area contributed by atoms with Gasteiger partial charge in [-0.25, -0.2) is 13.6 Å². The van der Waals surface area contributed by atoms with Gasteiger partial charge in [0.25, 0.3) is 5.91 Å². The second-order valence-electron chi connectivity index (χ2n) is 6.08. The molecule has 0 saturated heterocycles. The molecule has 3 rings (SSSR count). The zero-order valence-corrected chi connectivity index (χ0v) is 15.3. The van der Waals surface area contributed by atoms with Crippen LogP contribution >= 0.6 is 0 Å². The zero-order valence-electron chi connectivity index (χ0n) is 15.3. The van der Waals surface area contributed by atoms with Crippen LogP contribution in [0.3, 0.4) is 0 Å². The lowest BCUT2D eigenvalue weighted by molar-refractivity contribution is -0.123. The number of hydrogen-bond donors (Lipinski definition) is 1. The molecule has 8 heteroatoms. The molecular weight excluding hydrogens is 372 g/mol. The molecule has 0 aliphatic heterocycles. The second kappa shape index (κ2) is 7.67. The summed E-state index contributed by atoms with van der Waals surface area (Å²) >= 11 is 0. The molecule has 1 atom stereocenters. The molecule has 0 aliphatic carbocycles. The highest BCUT2D eigenvalue weighted by molar-refractivity contribution is 5.99. The standard InChI is InChI=1S/C20H17F2NO5/c1-10-14-9-13(26-3)5-7-17(14)28-18(10)20(25)27-11(2)19(24)23-12-4-6-15(21)16(22)8-12/h4-9,11H,1-3H3,(H,23,24)/t11-/m1/s1. The highest BCUT2D eigenvalue weighted by Gasteiger charge is 2.24. The monoisotopic (exact) mass is 389 g/mol. The van der Waals surface area contributed by atoms with Crippen LogP contribution in [0.25, 0.3) is 11.0 Å². The van der Waals surface area contributed by atoms with Crippen molar-refractivity contribution < 1.29 is 32.3 Å². The number of esters is 1. The molecule has 28 heavy (non-hydrogen) atoms. The van der Waals surface area contributed by atoms with Crippen molar-refractivity contribution in [1.82, 2.24) is 0 Å². The van der Waals surface area contributed by atoms with Crippen LogP contribution in [0.1, 0.15) is 23.0 Å². The third-order valence-electron chi connectivity index (χ3n) is 4.17. The molecule has 6 nitrogen and oxygen atoms in total. The van der Waals surface area contributed by atoms with Crippen molar-refractivity contribution >= 4 is 28.5 Å². The van der Waals surface area contributed by atoms with E-state index in [9.17, 15) is 18.4 Å². The number of carbonyl (C=O) groups is 2. The highest BCUT2D eigenvalue weighted by Crippen LogP contribution is 2.29. The van der Waals surface area contributed by atoms with Gasteiger partial charge in [-0.15, -0.1) is 0 Å². The number of methoxy groups -OCH3 is 1.